The first-order chi connectivity index (χ1) is 15.5. The highest BCUT2D eigenvalue weighted by atomic mass is 16.5. The molecule has 2 atom stereocenters. The van der Waals surface area contributed by atoms with Crippen LogP contribution < -0.4 is 15.4 Å². The smallest absolute Gasteiger partial charge is 0.258 e. The minimum Gasteiger partial charge on any atom is -0.496 e. The fraction of sp³-hybridized carbons (Fsp3) is 0.458. The van der Waals surface area contributed by atoms with Gasteiger partial charge in [-0.3, -0.25) is 4.79 Å². The zero-order valence-electron chi connectivity index (χ0n) is 18.7. The van der Waals surface area contributed by atoms with E-state index in [4.69, 9.17) is 20.6 Å². The van der Waals surface area contributed by atoms with Crippen LogP contribution in [-0.4, -0.2) is 58.2 Å². The van der Waals surface area contributed by atoms with Crippen LogP contribution in [-0.2, 0) is 0 Å². The van der Waals surface area contributed by atoms with E-state index in [9.17, 15) is 4.79 Å². The van der Waals surface area contributed by atoms with Gasteiger partial charge in [0.15, 0.2) is 5.65 Å². The summed E-state index contributed by atoms with van der Waals surface area (Å²) >= 11 is 0. The van der Waals surface area contributed by atoms with Crippen molar-refractivity contribution in [1.82, 2.24) is 19.5 Å². The standard InChI is InChI=1S/C24H30N6O2/c1-16-14-30-22(26-23(16)28-12-10-17(25)15-28)13-19(27-30)20-8-5-6-11-29(20)24(31)18-7-3-4-9-21(18)32-2/h3-4,7,9,13-14,17,20H,5-6,8,10-12,15,25H2,1-2H3. The van der Waals surface area contributed by atoms with Gasteiger partial charge in [-0.15, -0.1) is 0 Å². The van der Waals surface area contributed by atoms with Gasteiger partial charge in [-0.25, -0.2) is 9.50 Å². The van der Waals surface area contributed by atoms with Crippen molar-refractivity contribution >= 4 is 17.4 Å². The molecule has 2 N–H and O–H groups in total. The molecule has 168 valence electrons. The number of rotatable bonds is 4. The van der Waals surface area contributed by atoms with Gasteiger partial charge in [-0.05, 0) is 44.7 Å². The first kappa shape index (κ1) is 20.8. The Hall–Kier alpha value is -3.13. The Balaban J connectivity index is 1.48. The monoisotopic (exact) mass is 434 g/mol. The molecule has 0 aliphatic carbocycles. The van der Waals surface area contributed by atoms with Crippen LogP contribution in [0.1, 0.15) is 53.3 Å². The molecule has 32 heavy (non-hydrogen) atoms. The Labute approximate surface area is 188 Å². The number of methoxy groups -OCH3 is 1. The minimum absolute atomic E-state index is 0.0138. The Morgan fingerprint density at radius 1 is 1.19 bits per heavy atom. The Bertz CT molecular complexity index is 1140. The van der Waals surface area contributed by atoms with Crippen molar-refractivity contribution in [2.24, 2.45) is 5.73 Å². The number of likely N-dealkylation sites (tertiary alicyclic amines) is 1. The van der Waals surface area contributed by atoms with Crippen LogP contribution in [0, 0.1) is 6.92 Å². The van der Waals surface area contributed by atoms with Crippen molar-refractivity contribution in [1.29, 1.82) is 0 Å². The van der Waals surface area contributed by atoms with Gasteiger partial charge >= 0.3 is 0 Å². The average molecular weight is 435 g/mol. The third-order valence-electron chi connectivity index (χ3n) is 6.59. The SMILES string of the molecule is COc1ccccc1C(=O)N1CCCCC1c1cc2nc(N3CCC(N)C3)c(C)cn2n1. The lowest BCUT2D eigenvalue weighted by molar-refractivity contribution is 0.0602. The maximum atomic E-state index is 13.5. The average Bonchev–Trinajstić information content (AvgIpc) is 3.43. The van der Waals surface area contributed by atoms with E-state index in [2.05, 4.69) is 11.8 Å². The molecule has 3 aromatic rings. The number of ether oxygens (including phenoxy) is 1. The van der Waals surface area contributed by atoms with Gasteiger partial charge in [0.25, 0.3) is 5.91 Å². The van der Waals surface area contributed by atoms with Crippen molar-refractivity contribution in [3.05, 3.63) is 53.3 Å². The Morgan fingerprint density at radius 3 is 2.81 bits per heavy atom. The van der Waals surface area contributed by atoms with Gasteiger partial charge in [0.05, 0.1) is 24.4 Å². The first-order valence-corrected chi connectivity index (χ1v) is 11.4. The lowest BCUT2D eigenvalue weighted by Gasteiger charge is -2.35. The molecule has 0 radical (unpaired) electrons. The predicted octanol–water partition coefficient (Wildman–Crippen LogP) is 2.95. The molecule has 5 rings (SSSR count). The molecule has 2 aromatic heterocycles. The third-order valence-corrected chi connectivity index (χ3v) is 6.59. The molecule has 2 aliphatic rings. The van der Waals surface area contributed by atoms with Crippen LogP contribution in [0.4, 0.5) is 5.82 Å². The molecule has 2 aliphatic heterocycles. The molecule has 1 amide bonds. The number of benzene rings is 1. The summed E-state index contributed by atoms with van der Waals surface area (Å²) in [5.41, 5.74) is 9.46. The summed E-state index contributed by atoms with van der Waals surface area (Å²) in [6, 6.07) is 9.56. The summed E-state index contributed by atoms with van der Waals surface area (Å²) in [5.74, 6) is 1.56. The van der Waals surface area contributed by atoms with E-state index in [-0.39, 0.29) is 18.0 Å². The van der Waals surface area contributed by atoms with Crippen molar-refractivity contribution in [3.63, 3.8) is 0 Å². The van der Waals surface area contributed by atoms with Crippen LogP contribution in [0.5, 0.6) is 5.75 Å². The fourth-order valence-electron chi connectivity index (χ4n) is 4.94. The number of carbonyl (C=O) groups is 1. The molecular weight excluding hydrogens is 404 g/mol. The quantitative estimate of drug-likeness (QED) is 0.679. The highest BCUT2D eigenvalue weighted by Crippen LogP contribution is 2.34. The van der Waals surface area contributed by atoms with Crippen LogP contribution in [0.3, 0.4) is 0 Å². The maximum Gasteiger partial charge on any atom is 0.258 e. The molecule has 0 bridgehead atoms. The van der Waals surface area contributed by atoms with Crippen molar-refractivity contribution < 1.29 is 9.53 Å². The van der Waals surface area contributed by atoms with Crippen LogP contribution in [0.25, 0.3) is 5.65 Å². The summed E-state index contributed by atoms with van der Waals surface area (Å²) in [5, 5.41) is 4.83. The topological polar surface area (TPSA) is 89.0 Å². The normalized spacial score (nSPS) is 21.3. The van der Waals surface area contributed by atoms with E-state index in [0.717, 1.165) is 61.5 Å². The second kappa shape index (κ2) is 8.43. The van der Waals surface area contributed by atoms with Gasteiger partial charge in [-0.1, -0.05) is 12.1 Å². The number of aryl methyl sites for hydroxylation is 1. The Morgan fingerprint density at radius 2 is 2.03 bits per heavy atom. The summed E-state index contributed by atoms with van der Waals surface area (Å²) in [4.78, 5) is 22.6. The number of piperidine rings is 1. The van der Waals surface area contributed by atoms with Crippen molar-refractivity contribution in [2.45, 2.75) is 44.7 Å². The molecular formula is C24H30N6O2. The number of anilines is 1. The van der Waals surface area contributed by atoms with E-state index in [1.54, 1.807) is 7.11 Å². The number of carbonyl (C=O) groups excluding carboxylic acids is 1. The van der Waals surface area contributed by atoms with E-state index in [1.807, 2.05) is 45.9 Å². The molecule has 1 aromatic carbocycles. The lowest BCUT2D eigenvalue weighted by Crippen LogP contribution is -2.38. The second-order valence-electron chi connectivity index (χ2n) is 8.82. The predicted molar refractivity (Wildman–Crippen MR) is 123 cm³/mol. The van der Waals surface area contributed by atoms with Gasteiger partial charge in [0, 0.05) is 43.5 Å². The molecule has 8 nitrogen and oxygen atoms in total. The maximum absolute atomic E-state index is 13.5. The summed E-state index contributed by atoms with van der Waals surface area (Å²) in [6.45, 7) is 4.52. The number of hydrogen-bond acceptors (Lipinski definition) is 6. The summed E-state index contributed by atoms with van der Waals surface area (Å²) in [6.07, 6.45) is 5.95. The van der Waals surface area contributed by atoms with E-state index < -0.39 is 0 Å². The summed E-state index contributed by atoms with van der Waals surface area (Å²) in [7, 11) is 1.60. The number of aromatic nitrogens is 3. The number of nitrogens with zero attached hydrogens (tertiary/aromatic N) is 5. The van der Waals surface area contributed by atoms with Gasteiger partial charge in [0.1, 0.15) is 11.6 Å². The highest BCUT2D eigenvalue weighted by molar-refractivity contribution is 5.97. The molecule has 0 spiro atoms. The lowest BCUT2D eigenvalue weighted by atomic mass is 9.98. The van der Waals surface area contributed by atoms with Gasteiger partial charge in [-0.2, -0.15) is 5.10 Å². The second-order valence-corrected chi connectivity index (χ2v) is 8.82. The minimum atomic E-state index is -0.0770. The molecule has 2 unspecified atom stereocenters. The molecule has 2 saturated heterocycles. The van der Waals surface area contributed by atoms with E-state index in [0.29, 0.717) is 17.9 Å². The Kier molecular flexibility index (Phi) is 5.46. The van der Waals surface area contributed by atoms with Crippen molar-refractivity contribution in [3.8, 4) is 5.75 Å². The van der Waals surface area contributed by atoms with Crippen molar-refractivity contribution in [2.75, 3.05) is 31.6 Å². The number of hydrogen-bond donors (Lipinski definition) is 1. The number of fused-ring (bicyclic) bond motifs is 1. The largest absolute Gasteiger partial charge is 0.496 e. The number of para-hydroxylation sites is 1. The highest BCUT2D eigenvalue weighted by Gasteiger charge is 2.32. The van der Waals surface area contributed by atoms with Gasteiger partial charge < -0.3 is 20.3 Å². The third kappa shape index (κ3) is 3.68. The zero-order valence-corrected chi connectivity index (χ0v) is 18.7. The number of amides is 1. The molecule has 0 saturated carbocycles. The van der Waals surface area contributed by atoms with E-state index >= 15 is 0 Å². The molecule has 2 fully saturated rings. The van der Waals surface area contributed by atoms with Crippen LogP contribution in [0.2, 0.25) is 0 Å². The first-order valence-electron chi connectivity index (χ1n) is 11.4. The van der Waals surface area contributed by atoms with Crippen LogP contribution >= 0.6 is 0 Å². The number of nitrogens with two attached hydrogens (primary N) is 1. The fourth-order valence-corrected chi connectivity index (χ4v) is 4.94. The summed E-state index contributed by atoms with van der Waals surface area (Å²) < 4.78 is 7.28. The van der Waals surface area contributed by atoms with Crippen LogP contribution in [0.15, 0.2) is 36.5 Å². The zero-order chi connectivity index (χ0) is 22.2. The van der Waals surface area contributed by atoms with E-state index in [1.165, 1.54) is 0 Å². The molecule has 8 heteroatoms. The van der Waals surface area contributed by atoms with Gasteiger partial charge in [0.2, 0.25) is 0 Å². The molecule has 4 heterocycles.